The number of carbonyl (C=O) groups is 1. The van der Waals surface area contributed by atoms with Crippen molar-refractivity contribution in [1.29, 1.82) is 0 Å². The maximum Gasteiger partial charge on any atom is 0.243 e. The molecule has 196 valence electrons. The number of hydrogen-bond donors (Lipinski definition) is 1. The first-order valence-corrected chi connectivity index (χ1v) is 14.5. The summed E-state index contributed by atoms with van der Waals surface area (Å²) in [4.78, 5) is 17.8. The number of piperidine rings is 1. The molecule has 4 aromatic rings. The van der Waals surface area contributed by atoms with E-state index in [4.69, 9.17) is 9.47 Å². The molecule has 1 aromatic heterocycles. The summed E-state index contributed by atoms with van der Waals surface area (Å²) in [6.45, 7) is 0.505. The fourth-order valence-corrected chi connectivity index (χ4v) is 6.51. The molecular weight excluding hydrogens is 522 g/mol. The number of carbonyl (C=O) groups excluding carboxylic acids is 1. The topological polar surface area (TPSA) is 97.8 Å². The van der Waals surface area contributed by atoms with Crippen molar-refractivity contribution in [2.45, 2.75) is 17.7 Å². The Morgan fingerprint density at radius 3 is 2.37 bits per heavy atom. The number of aromatic nitrogens is 1. The van der Waals surface area contributed by atoms with Crippen molar-refractivity contribution in [1.82, 2.24) is 9.29 Å². The molecule has 3 aromatic carbocycles. The summed E-state index contributed by atoms with van der Waals surface area (Å²) in [5.74, 6) is 1.37. The first-order valence-electron chi connectivity index (χ1n) is 12.2. The minimum Gasteiger partial charge on any atom is -0.497 e. The number of para-hydroxylation sites is 1. The van der Waals surface area contributed by atoms with Crippen LogP contribution in [0.4, 0.5) is 5.13 Å². The number of nitrogens with zero attached hydrogens (tertiary/aromatic N) is 2. The van der Waals surface area contributed by atoms with Crippen LogP contribution in [0.25, 0.3) is 11.3 Å². The maximum atomic E-state index is 13.1. The van der Waals surface area contributed by atoms with E-state index in [9.17, 15) is 13.2 Å². The van der Waals surface area contributed by atoms with E-state index in [-0.39, 0.29) is 17.3 Å². The summed E-state index contributed by atoms with van der Waals surface area (Å²) in [7, 11) is -2.18. The van der Waals surface area contributed by atoms with Gasteiger partial charge in [0.15, 0.2) is 5.13 Å². The molecule has 1 aliphatic rings. The number of thiazole rings is 1. The summed E-state index contributed by atoms with van der Waals surface area (Å²) in [5, 5.41) is 5.23. The minimum atomic E-state index is -3.71. The van der Waals surface area contributed by atoms with Gasteiger partial charge in [0, 0.05) is 24.0 Å². The standard InChI is InChI=1S/C28H27N3O5S2/c1-35-22-13-15-25(16-14-22)38(33,34)31-17-5-6-21(18-31)27(32)30-28-29-26(19-37-28)20-9-11-24(12-10-20)36-23-7-3-2-4-8-23/h2-4,7-16,19,21H,5-6,17-18H2,1H3,(H,29,30,32). The molecule has 0 spiro atoms. The van der Waals surface area contributed by atoms with Crippen molar-refractivity contribution >= 4 is 32.4 Å². The van der Waals surface area contributed by atoms with E-state index >= 15 is 0 Å². The zero-order valence-electron chi connectivity index (χ0n) is 20.7. The predicted octanol–water partition coefficient (Wildman–Crippen LogP) is 5.65. The van der Waals surface area contributed by atoms with Gasteiger partial charge in [-0.1, -0.05) is 18.2 Å². The highest BCUT2D eigenvalue weighted by molar-refractivity contribution is 7.89. The van der Waals surface area contributed by atoms with Gasteiger partial charge >= 0.3 is 0 Å². The van der Waals surface area contributed by atoms with Gasteiger partial charge < -0.3 is 14.8 Å². The van der Waals surface area contributed by atoms with E-state index in [0.29, 0.717) is 30.3 Å². The highest BCUT2D eigenvalue weighted by Crippen LogP contribution is 2.30. The molecule has 2 heterocycles. The highest BCUT2D eigenvalue weighted by Gasteiger charge is 2.33. The lowest BCUT2D eigenvalue weighted by Crippen LogP contribution is -2.43. The average Bonchev–Trinajstić information content (AvgIpc) is 3.42. The van der Waals surface area contributed by atoms with Gasteiger partial charge in [-0.25, -0.2) is 13.4 Å². The third-order valence-electron chi connectivity index (χ3n) is 6.32. The molecule has 1 atom stereocenters. The summed E-state index contributed by atoms with van der Waals surface area (Å²) >= 11 is 1.33. The Morgan fingerprint density at radius 1 is 0.974 bits per heavy atom. The van der Waals surface area contributed by atoms with Gasteiger partial charge in [0.1, 0.15) is 17.2 Å². The van der Waals surface area contributed by atoms with Crippen molar-refractivity contribution in [3.05, 3.63) is 84.2 Å². The van der Waals surface area contributed by atoms with Gasteiger partial charge in [-0.05, 0) is 73.5 Å². The number of methoxy groups -OCH3 is 1. The zero-order valence-corrected chi connectivity index (χ0v) is 22.4. The lowest BCUT2D eigenvalue weighted by atomic mass is 9.99. The van der Waals surface area contributed by atoms with E-state index < -0.39 is 15.9 Å². The molecule has 8 nitrogen and oxygen atoms in total. The number of rotatable bonds is 8. The van der Waals surface area contributed by atoms with Gasteiger partial charge in [-0.3, -0.25) is 4.79 Å². The molecule has 0 aliphatic carbocycles. The molecule has 1 amide bonds. The van der Waals surface area contributed by atoms with Crippen molar-refractivity contribution < 1.29 is 22.7 Å². The second-order valence-electron chi connectivity index (χ2n) is 8.84. The van der Waals surface area contributed by atoms with Crippen LogP contribution in [-0.4, -0.2) is 43.8 Å². The fourth-order valence-electron chi connectivity index (χ4n) is 4.26. The number of anilines is 1. The van der Waals surface area contributed by atoms with Crippen LogP contribution in [0.5, 0.6) is 17.2 Å². The van der Waals surface area contributed by atoms with Gasteiger partial charge in [-0.2, -0.15) is 4.31 Å². The van der Waals surface area contributed by atoms with Crippen LogP contribution < -0.4 is 14.8 Å². The van der Waals surface area contributed by atoms with Crippen molar-refractivity contribution in [3.63, 3.8) is 0 Å². The summed E-state index contributed by atoms with van der Waals surface area (Å²) in [6, 6.07) is 23.4. The molecule has 1 unspecified atom stereocenters. The first-order chi connectivity index (χ1) is 18.4. The van der Waals surface area contributed by atoms with Crippen LogP contribution in [0.1, 0.15) is 12.8 Å². The van der Waals surface area contributed by atoms with Crippen molar-refractivity contribution in [2.24, 2.45) is 5.92 Å². The molecule has 1 saturated heterocycles. The fraction of sp³-hybridized carbons (Fsp3) is 0.214. The lowest BCUT2D eigenvalue weighted by molar-refractivity contribution is -0.120. The Morgan fingerprint density at radius 2 is 1.66 bits per heavy atom. The molecule has 0 saturated carbocycles. The Bertz CT molecular complexity index is 1490. The largest absolute Gasteiger partial charge is 0.497 e. The molecular formula is C28H27N3O5S2. The lowest BCUT2D eigenvalue weighted by Gasteiger charge is -2.31. The highest BCUT2D eigenvalue weighted by atomic mass is 32.2. The molecule has 10 heteroatoms. The van der Waals surface area contributed by atoms with Crippen LogP contribution in [0, 0.1) is 5.92 Å². The quantitative estimate of drug-likeness (QED) is 0.305. The van der Waals surface area contributed by atoms with Gasteiger partial charge in [0.25, 0.3) is 0 Å². The minimum absolute atomic E-state index is 0.126. The first kappa shape index (κ1) is 25.9. The third kappa shape index (κ3) is 5.88. The Balaban J connectivity index is 1.21. The number of amides is 1. The van der Waals surface area contributed by atoms with E-state index in [2.05, 4.69) is 10.3 Å². The molecule has 5 rings (SSSR count). The molecule has 1 N–H and O–H groups in total. The second-order valence-corrected chi connectivity index (χ2v) is 11.6. The normalized spacial score (nSPS) is 16.1. The summed E-state index contributed by atoms with van der Waals surface area (Å²) in [6.07, 6.45) is 1.22. The number of ether oxygens (including phenoxy) is 2. The molecule has 38 heavy (non-hydrogen) atoms. The number of nitrogens with one attached hydrogen (secondary N) is 1. The van der Waals surface area contributed by atoms with E-state index in [0.717, 1.165) is 22.8 Å². The van der Waals surface area contributed by atoms with Gasteiger partial charge in [0.05, 0.1) is 23.6 Å². The zero-order chi connectivity index (χ0) is 26.5. The van der Waals surface area contributed by atoms with Crippen LogP contribution in [0.2, 0.25) is 0 Å². The summed E-state index contributed by atoms with van der Waals surface area (Å²) in [5.41, 5.74) is 1.64. The SMILES string of the molecule is COc1ccc(S(=O)(=O)N2CCCC(C(=O)Nc3nc(-c4ccc(Oc5ccccc5)cc4)cs3)C2)cc1. The van der Waals surface area contributed by atoms with E-state index in [1.165, 1.54) is 34.9 Å². The third-order valence-corrected chi connectivity index (χ3v) is 8.95. The van der Waals surface area contributed by atoms with E-state index in [1.807, 2.05) is 60.0 Å². The van der Waals surface area contributed by atoms with Crippen LogP contribution in [-0.2, 0) is 14.8 Å². The maximum absolute atomic E-state index is 13.1. The Kier molecular flexibility index (Phi) is 7.73. The molecule has 1 fully saturated rings. The number of sulfonamides is 1. The van der Waals surface area contributed by atoms with Gasteiger partial charge in [0.2, 0.25) is 15.9 Å². The monoisotopic (exact) mass is 549 g/mol. The summed E-state index contributed by atoms with van der Waals surface area (Å²) < 4.78 is 38.6. The van der Waals surface area contributed by atoms with Gasteiger partial charge in [-0.15, -0.1) is 11.3 Å². The van der Waals surface area contributed by atoms with Crippen molar-refractivity contribution in [2.75, 3.05) is 25.5 Å². The molecule has 1 aliphatic heterocycles. The molecule has 0 radical (unpaired) electrons. The van der Waals surface area contributed by atoms with Crippen LogP contribution >= 0.6 is 11.3 Å². The number of benzene rings is 3. The average molecular weight is 550 g/mol. The second kappa shape index (κ2) is 11.3. The van der Waals surface area contributed by atoms with Crippen LogP contribution in [0.15, 0.2) is 89.1 Å². The smallest absolute Gasteiger partial charge is 0.243 e. The Labute approximate surface area is 225 Å². The molecule has 0 bridgehead atoms. The Hall–Kier alpha value is -3.73. The van der Waals surface area contributed by atoms with Crippen LogP contribution in [0.3, 0.4) is 0 Å². The van der Waals surface area contributed by atoms with E-state index in [1.54, 1.807) is 12.1 Å². The van der Waals surface area contributed by atoms with Crippen molar-refractivity contribution in [3.8, 4) is 28.5 Å². The number of hydrogen-bond acceptors (Lipinski definition) is 7. The predicted molar refractivity (Wildman–Crippen MR) is 147 cm³/mol.